The van der Waals surface area contributed by atoms with Gasteiger partial charge >= 0.3 is 12.4 Å². The van der Waals surface area contributed by atoms with Gasteiger partial charge in [-0.05, 0) is 29.3 Å². The average molecular weight is 469 g/mol. The predicted octanol–water partition coefficient (Wildman–Crippen LogP) is 5.73. The molecule has 33 heavy (non-hydrogen) atoms. The quantitative estimate of drug-likeness (QED) is 0.289. The Hall–Kier alpha value is -3.70. The number of fused-ring (bicyclic) bond motifs is 1. The Balaban J connectivity index is 1.47. The van der Waals surface area contributed by atoms with Crippen LogP contribution in [0.15, 0.2) is 48.9 Å². The van der Waals surface area contributed by atoms with Crippen LogP contribution in [0.3, 0.4) is 0 Å². The maximum atomic E-state index is 14.5. The first-order chi connectivity index (χ1) is 15.5. The highest BCUT2D eigenvalue weighted by Gasteiger charge is 2.32. The van der Waals surface area contributed by atoms with Gasteiger partial charge in [0.1, 0.15) is 17.2 Å². The van der Waals surface area contributed by atoms with E-state index in [1.165, 1.54) is 24.4 Å². The molecule has 0 radical (unpaired) electrons. The number of rotatable bonds is 5. The number of hydrogen-bond donors (Lipinski definition) is 2. The molecule has 4 aromatic rings. The second-order valence-corrected chi connectivity index (χ2v) is 7.16. The lowest BCUT2D eigenvalue weighted by Crippen LogP contribution is -2.09. The monoisotopic (exact) mass is 469 g/mol. The summed E-state index contributed by atoms with van der Waals surface area (Å²) in [4.78, 5) is 13.6. The van der Waals surface area contributed by atoms with Gasteiger partial charge in [-0.3, -0.25) is 4.98 Å². The fraction of sp³-hybridized carbons (Fsp3) is 0.190. The molecule has 4 rings (SSSR count). The van der Waals surface area contributed by atoms with E-state index >= 15 is 0 Å². The first-order valence-corrected chi connectivity index (χ1v) is 9.45. The second-order valence-electron chi connectivity index (χ2n) is 7.16. The second kappa shape index (κ2) is 8.34. The van der Waals surface area contributed by atoms with Crippen LogP contribution in [0.5, 0.6) is 0 Å². The molecule has 4 aromatic heterocycles. The molecule has 4 heterocycles. The van der Waals surface area contributed by atoms with Crippen LogP contribution in [0, 0.1) is 5.95 Å². The standard InChI is InChI=1S/C21H14F7N5/c22-18-12(5-13-9-31-19-15(13)6-14(10-32-19)20(23,24)25)2-4-17(33-18)30-8-11-1-3-16(29-7-11)21(26,27)28/h1-4,6-7,9-10H,5,8H2,(H,30,33)(H,31,32). The van der Waals surface area contributed by atoms with E-state index in [9.17, 15) is 30.7 Å². The van der Waals surface area contributed by atoms with Crippen molar-refractivity contribution in [3.05, 3.63) is 82.8 Å². The van der Waals surface area contributed by atoms with Crippen LogP contribution >= 0.6 is 0 Å². The summed E-state index contributed by atoms with van der Waals surface area (Å²) in [6, 6.07) is 5.93. The summed E-state index contributed by atoms with van der Waals surface area (Å²) in [5, 5.41) is 3.01. The Labute approximate surface area is 181 Å². The minimum absolute atomic E-state index is 0.0229. The molecule has 0 atom stereocenters. The third-order valence-electron chi connectivity index (χ3n) is 4.84. The van der Waals surface area contributed by atoms with Crippen molar-refractivity contribution in [2.45, 2.75) is 25.3 Å². The fourth-order valence-electron chi connectivity index (χ4n) is 3.15. The lowest BCUT2D eigenvalue weighted by atomic mass is 10.1. The molecule has 0 amide bonds. The zero-order valence-corrected chi connectivity index (χ0v) is 16.5. The summed E-state index contributed by atoms with van der Waals surface area (Å²) in [7, 11) is 0. The number of halogens is 7. The summed E-state index contributed by atoms with van der Waals surface area (Å²) >= 11 is 0. The number of nitrogens with one attached hydrogen (secondary N) is 2. The van der Waals surface area contributed by atoms with Crippen molar-refractivity contribution in [1.82, 2.24) is 19.9 Å². The molecule has 0 spiro atoms. The van der Waals surface area contributed by atoms with Crippen LogP contribution in [0.4, 0.5) is 36.6 Å². The summed E-state index contributed by atoms with van der Waals surface area (Å²) < 4.78 is 91.1. The Morgan fingerprint density at radius 3 is 2.30 bits per heavy atom. The van der Waals surface area contributed by atoms with Crippen LogP contribution in [0.2, 0.25) is 0 Å². The van der Waals surface area contributed by atoms with E-state index < -0.39 is 29.6 Å². The third kappa shape index (κ3) is 5.04. The molecule has 172 valence electrons. The Morgan fingerprint density at radius 1 is 0.879 bits per heavy atom. The first-order valence-electron chi connectivity index (χ1n) is 9.45. The highest BCUT2D eigenvalue weighted by Crippen LogP contribution is 2.32. The molecule has 0 aliphatic carbocycles. The van der Waals surface area contributed by atoms with Gasteiger partial charge < -0.3 is 10.3 Å². The van der Waals surface area contributed by atoms with Crippen molar-refractivity contribution in [1.29, 1.82) is 0 Å². The molecule has 0 aliphatic heterocycles. The number of aromatic nitrogens is 4. The molecular weight excluding hydrogens is 455 g/mol. The van der Waals surface area contributed by atoms with Crippen molar-refractivity contribution < 1.29 is 30.7 Å². The van der Waals surface area contributed by atoms with Gasteiger partial charge in [0.25, 0.3) is 0 Å². The summed E-state index contributed by atoms with van der Waals surface area (Å²) in [6.07, 6.45) is -5.88. The highest BCUT2D eigenvalue weighted by atomic mass is 19.4. The maximum absolute atomic E-state index is 14.5. The SMILES string of the molecule is Fc1nc(NCc2ccc(C(F)(F)F)nc2)ccc1Cc1c[nH]c2ncc(C(F)(F)F)cc12. The highest BCUT2D eigenvalue weighted by molar-refractivity contribution is 5.80. The normalized spacial score (nSPS) is 12.3. The van der Waals surface area contributed by atoms with Crippen molar-refractivity contribution in [3.63, 3.8) is 0 Å². The minimum atomic E-state index is -4.56. The van der Waals surface area contributed by atoms with Crippen LogP contribution in [-0.2, 0) is 25.3 Å². The zero-order valence-electron chi connectivity index (χ0n) is 16.5. The maximum Gasteiger partial charge on any atom is 0.433 e. The first kappa shape index (κ1) is 22.5. The molecule has 0 unspecified atom stereocenters. The smallest absolute Gasteiger partial charge is 0.366 e. The predicted molar refractivity (Wildman–Crippen MR) is 105 cm³/mol. The Bertz CT molecular complexity index is 1280. The molecule has 2 N–H and O–H groups in total. The Kier molecular flexibility index (Phi) is 5.68. The minimum Gasteiger partial charge on any atom is -0.366 e. The number of hydrogen-bond acceptors (Lipinski definition) is 4. The van der Waals surface area contributed by atoms with E-state index in [1.54, 1.807) is 0 Å². The van der Waals surface area contributed by atoms with E-state index in [0.29, 0.717) is 11.1 Å². The lowest BCUT2D eigenvalue weighted by molar-refractivity contribution is -0.141. The van der Waals surface area contributed by atoms with E-state index in [4.69, 9.17) is 0 Å². The molecule has 0 aliphatic rings. The molecule has 5 nitrogen and oxygen atoms in total. The number of anilines is 1. The van der Waals surface area contributed by atoms with Gasteiger partial charge in [-0.1, -0.05) is 12.1 Å². The van der Waals surface area contributed by atoms with Gasteiger partial charge in [0.05, 0.1) is 5.56 Å². The van der Waals surface area contributed by atoms with Crippen LogP contribution in [-0.4, -0.2) is 19.9 Å². The molecule has 0 fully saturated rings. The van der Waals surface area contributed by atoms with Crippen molar-refractivity contribution in [2.75, 3.05) is 5.32 Å². The van der Waals surface area contributed by atoms with Gasteiger partial charge in [-0.25, -0.2) is 9.97 Å². The van der Waals surface area contributed by atoms with Gasteiger partial charge in [0, 0.05) is 42.5 Å². The van der Waals surface area contributed by atoms with Crippen LogP contribution in [0.25, 0.3) is 11.0 Å². The molecular formula is C21H14F7N5. The number of nitrogens with zero attached hydrogens (tertiary/aromatic N) is 3. The van der Waals surface area contributed by atoms with E-state index in [-0.39, 0.29) is 35.4 Å². The molecule has 12 heteroatoms. The van der Waals surface area contributed by atoms with E-state index in [0.717, 1.165) is 24.5 Å². The topological polar surface area (TPSA) is 66.5 Å². The van der Waals surface area contributed by atoms with Crippen molar-refractivity contribution in [2.24, 2.45) is 0 Å². The van der Waals surface area contributed by atoms with Gasteiger partial charge in [-0.15, -0.1) is 0 Å². The Morgan fingerprint density at radius 2 is 1.67 bits per heavy atom. The fourth-order valence-corrected chi connectivity index (χ4v) is 3.15. The molecule has 0 aromatic carbocycles. The lowest BCUT2D eigenvalue weighted by Gasteiger charge is -2.09. The van der Waals surface area contributed by atoms with Crippen LogP contribution < -0.4 is 5.32 Å². The summed E-state index contributed by atoms with van der Waals surface area (Å²) in [6.45, 7) is 0.0608. The van der Waals surface area contributed by atoms with Crippen molar-refractivity contribution in [3.8, 4) is 0 Å². The van der Waals surface area contributed by atoms with Gasteiger partial charge in [-0.2, -0.15) is 30.7 Å². The average Bonchev–Trinajstić information content (AvgIpc) is 3.15. The van der Waals surface area contributed by atoms with Gasteiger partial charge in [0.15, 0.2) is 0 Å². The molecule has 0 bridgehead atoms. The third-order valence-corrected chi connectivity index (χ3v) is 4.84. The number of aromatic amines is 1. The van der Waals surface area contributed by atoms with E-state index in [2.05, 4.69) is 25.3 Å². The number of pyridine rings is 3. The number of H-pyrrole nitrogens is 1. The summed E-state index contributed by atoms with van der Waals surface area (Å²) in [5.74, 6) is -0.698. The molecule has 0 saturated carbocycles. The van der Waals surface area contributed by atoms with Gasteiger partial charge in [0.2, 0.25) is 5.95 Å². The molecule has 0 saturated heterocycles. The van der Waals surface area contributed by atoms with E-state index in [1.807, 2.05) is 0 Å². The van der Waals surface area contributed by atoms with Crippen LogP contribution in [0.1, 0.15) is 27.9 Å². The van der Waals surface area contributed by atoms with Crippen molar-refractivity contribution >= 4 is 16.9 Å². The zero-order chi connectivity index (χ0) is 23.8. The number of alkyl halides is 6. The largest absolute Gasteiger partial charge is 0.433 e. The summed E-state index contributed by atoms with van der Waals surface area (Å²) in [5.41, 5.74) is -0.687.